The summed E-state index contributed by atoms with van der Waals surface area (Å²) in [6.07, 6.45) is 4.18. The third-order valence-corrected chi connectivity index (χ3v) is 3.81. The molecule has 1 aromatic carbocycles. The molecule has 2 N–H and O–H groups in total. The second-order valence-electron chi connectivity index (χ2n) is 5.29. The van der Waals surface area contributed by atoms with Crippen molar-refractivity contribution in [1.29, 1.82) is 0 Å². The fraction of sp³-hybridized carbons (Fsp3) is 0.353. The highest BCUT2D eigenvalue weighted by molar-refractivity contribution is 5.59. The predicted octanol–water partition coefficient (Wildman–Crippen LogP) is 2.74. The second kappa shape index (κ2) is 6.59. The number of aromatic nitrogens is 1. The second-order valence-corrected chi connectivity index (χ2v) is 5.29. The number of nitrogens with one attached hydrogen (secondary N) is 2. The average Bonchev–Trinajstić information content (AvgIpc) is 2.55. The lowest BCUT2D eigenvalue weighted by Gasteiger charge is -2.21. The van der Waals surface area contributed by atoms with Gasteiger partial charge in [-0.05, 0) is 35.6 Å². The SMILES string of the molecule is COc1cc(CNCc2cccc3c2NCCC3)ccn1. The molecule has 0 fully saturated rings. The third-order valence-electron chi connectivity index (χ3n) is 3.81. The molecule has 0 saturated carbocycles. The number of hydrogen-bond donors (Lipinski definition) is 2. The van der Waals surface area contributed by atoms with E-state index in [4.69, 9.17) is 4.74 Å². The van der Waals surface area contributed by atoms with E-state index in [0.717, 1.165) is 19.6 Å². The fourth-order valence-electron chi connectivity index (χ4n) is 2.74. The van der Waals surface area contributed by atoms with Gasteiger partial charge in [0.2, 0.25) is 5.88 Å². The van der Waals surface area contributed by atoms with E-state index in [2.05, 4.69) is 33.8 Å². The van der Waals surface area contributed by atoms with E-state index >= 15 is 0 Å². The molecule has 0 radical (unpaired) electrons. The maximum absolute atomic E-state index is 5.14. The van der Waals surface area contributed by atoms with E-state index in [9.17, 15) is 0 Å². The lowest BCUT2D eigenvalue weighted by molar-refractivity contribution is 0.397. The largest absolute Gasteiger partial charge is 0.481 e. The minimum absolute atomic E-state index is 0.660. The standard InChI is InChI=1S/C17H21N3O/c1-21-16-10-13(7-9-19-16)11-18-12-15-5-2-4-14-6-3-8-20-17(14)15/h2,4-5,7,9-10,18,20H,3,6,8,11-12H2,1H3. The van der Waals surface area contributed by atoms with Crippen LogP contribution in [0.3, 0.4) is 0 Å². The molecule has 0 aliphatic carbocycles. The molecule has 2 aromatic rings. The Morgan fingerprint density at radius 3 is 3.14 bits per heavy atom. The van der Waals surface area contributed by atoms with Gasteiger partial charge in [-0.2, -0.15) is 0 Å². The summed E-state index contributed by atoms with van der Waals surface area (Å²) in [6, 6.07) is 10.5. The summed E-state index contributed by atoms with van der Waals surface area (Å²) in [5, 5.41) is 7.02. The summed E-state index contributed by atoms with van der Waals surface area (Å²) >= 11 is 0. The number of nitrogens with zero attached hydrogens (tertiary/aromatic N) is 1. The van der Waals surface area contributed by atoms with Crippen molar-refractivity contribution < 1.29 is 4.74 Å². The number of anilines is 1. The van der Waals surface area contributed by atoms with Crippen LogP contribution in [0, 0.1) is 0 Å². The van der Waals surface area contributed by atoms with E-state index in [1.165, 1.54) is 35.2 Å². The minimum Gasteiger partial charge on any atom is -0.481 e. The Bertz CT molecular complexity index is 613. The Hall–Kier alpha value is -2.07. The van der Waals surface area contributed by atoms with Gasteiger partial charge in [-0.15, -0.1) is 0 Å². The van der Waals surface area contributed by atoms with Crippen molar-refractivity contribution in [1.82, 2.24) is 10.3 Å². The fourth-order valence-corrected chi connectivity index (χ4v) is 2.74. The van der Waals surface area contributed by atoms with Gasteiger partial charge in [-0.1, -0.05) is 18.2 Å². The van der Waals surface area contributed by atoms with Gasteiger partial charge in [0.05, 0.1) is 7.11 Å². The summed E-state index contributed by atoms with van der Waals surface area (Å²) in [5.41, 5.74) is 5.28. The number of para-hydroxylation sites is 1. The number of hydrogen-bond acceptors (Lipinski definition) is 4. The summed E-state index contributed by atoms with van der Waals surface area (Å²) in [4.78, 5) is 4.12. The minimum atomic E-state index is 0.660. The smallest absolute Gasteiger partial charge is 0.213 e. The monoisotopic (exact) mass is 283 g/mol. The Balaban J connectivity index is 1.63. The lowest BCUT2D eigenvalue weighted by Crippen LogP contribution is -2.18. The van der Waals surface area contributed by atoms with Crippen molar-refractivity contribution >= 4 is 5.69 Å². The highest BCUT2D eigenvalue weighted by Gasteiger charge is 2.11. The molecule has 0 amide bonds. The summed E-state index contributed by atoms with van der Waals surface area (Å²) in [5.74, 6) is 0.660. The van der Waals surface area contributed by atoms with Crippen molar-refractivity contribution in [3.05, 3.63) is 53.2 Å². The first-order chi connectivity index (χ1) is 10.4. The van der Waals surface area contributed by atoms with Gasteiger partial charge in [0.1, 0.15) is 0 Å². The quantitative estimate of drug-likeness (QED) is 0.885. The molecule has 4 heteroatoms. The normalized spacial score (nSPS) is 13.4. The predicted molar refractivity (Wildman–Crippen MR) is 84.6 cm³/mol. The molecular weight excluding hydrogens is 262 g/mol. The highest BCUT2D eigenvalue weighted by atomic mass is 16.5. The Kier molecular flexibility index (Phi) is 4.36. The average molecular weight is 283 g/mol. The van der Waals surface area contributed by atoms with Gasteiger partial charge in [0.25, 0.3) is 0 Å². The van der Waals surface area contributed by atoms with Crippen LogP contribution in [0.5, 0.6) is 5.88 Å². The van der Waals surface area contributed by atoms with Crippen LogP contribution in [0.2, 0.25) is 0 Å². The number of methoxy groups -OCH3 is 1. The molecule has 110 valence electrons. The van der Waals surface area contributed by atoms with Crippen molar-refractivity contribution in [2.75, 3.05) is 19.0 Å². The van der Waals surface area contributed by atoms with Crippen LogP contribution in [0.4, 0.5) is 5.69 Å². The van der Waals surface area contributed by atoms with E-state index in [0.29, 0.717) is 5.88 Å². The van der Waals surface area contributed by atoms with Crippen LogP contribution in [0.15, 0.2) is 36.5 Å². The van der Waals surface area contributed by atoms with Crippen molar-refractivity contribution in [3.63, 3.8) is 0 Å². The molecule has 0 saturated heterocycles. The molecule has 3 rings (SSSR count). The Labute approximate surface area is 125 Å². The summed E-state index contributed by atoms with van der Waals surface area (Å²) in [6.45, 7) is 2.74. The third kappa shape index (κ3) is 3.34. The number of ether oxygens (including phenoxy) is 1. The maximum Gasteiger partial charge on any atom is 0.213 e. The van der Waals surface area contributed by atoms with Crippen molar-refractivity contribution in [2.45, 2.75) is 25.9 Å². The van der Waals surface area contributed by atoms with Gasteiger partial charge >= 0.3 is 0 Å². The molecule has 4 nitrogen and oxygen atoms in total. The van der Waals surface area contributed by atoms with Crippen molar-refractivity contribution in [3.8, 4) is 5.88 Å². The zero-order chi connectivity index (χ0) is 14.5. The molecule has 0 bridgehead atoms. The number of benzene rings is 1. The van der Waals surface area contributed by atoms with Gasteiger partial charge in [-0.25, -0.2) is 4.98 Å². The zero-order valence-electron chi connectivity index (χ0n) is 12.4. The molecule has 21 heavy (non-hydrogen) atoms. The number of pyridine rings is 1. The van der Waals surface area contributed by atoms with Crippen LogP contribution in [-0.4, -0.2) is 18.6 Å². The van der Waals surface area contributed by atoms with Gasteiger partial charge in [0, 0.05) is 37.6 Å². The van der Waals surface area contributed by atoms with Crippen LogP contribution < -0.4 is 15.4 Å². The van der Waals surface area contributed by atoms with E-state index in [-0.39, 0.29) is 0 Å². The van der Waals surface area contributed by atoms with E-state index < -0.39 is 0 Å². The maximum atomic E-state index is 5.14. The lowest BCUT2D eigenvalue weighted by atomic mass is 9.99. The highest BCUT2D eigenvalue weighted by Crippen LogP contribution is 2.25. The molecule has 1 aromatic heterocycles. The van der Waals surface area contributed by atoms with Crippen LogP contribution in [0.25, 0.3) is 0 Å². The topological polar surface area (TPSA) is 46.2 Å². The molecule has 1 aliphatic heterocycles. The molecule has 0 spiro atoms. The van der Waals surface area contributed by atoms with Gasteiger partial charge in [-0.3, -0.25) is 0 Å². The number of fused-ring (bicyclic) bond motifs is 1. The first kappa shape index (κ1) is 13.9. The van der Waals surface area contributed by atoms with E-state index in [1.807, 2.05) is 12.1 Å². The summed E-state index contributed by atoms with van der Waals surface area (Å²) < 4.78 is 5.14. The molecule has 2 heterocycles. The van der Waals surface area contributed by atoms with Crippen LogP contribution in [-0.2, 0) is 19.5 Å². The first-order valence-electron chi connectivity index (χ1n) is 7.41. The van der Waals surface area contributed by atoms with Crippen LogP contribution >= 0.6 is 0 Å². The zero-order valence-corrected chi connectivity index (χ0v) is 12.4. The molecule has 1 aliphatic rings. The molecular formula is C17H21N3O. The molecule has 0 unspecified atom stereocenters. The Morgan fingerprint density at radius 1 is 1.29 bits per heavy atom. The van der Waals surface area contributed by atoms with Gasteiger partial charge in [0.15, 0.2) is 0 Å². The summed E-state index contributed by atoms with van der Waals surface area (Å²) in [7, 11) is 1.64. The van der Waals surface area contributed by atoms with E-state index in [1.54, 1.807) is 13.3 Å². The number of rotatable bonds is 5. The van der Waals surface area contributed by atoms with Gasteiger partial charge < -0.3 is 15.4 Å². The number of aryl methyl sites for hydroxylation is 1. The Morgan fingerprint density at radius 2 is 2.24 bits per heavy atom. The van der Waals surface area contributed by atoms with Crippen molar-refractivity contribution in [2.24, 2.45) is 0 Å². The molecule has 0 atom stereocenters. The van der Waals surface area contributed by atoms with Crippen LogP contribution in [0.1, 0.15) is 23.1 Å². The first-order valence-corrected chi connectivity index (χ1v) is 7.41.